The van der Waals surface area contributed by atoms with Gasteiger partial charge in [-0.3, -0.25) is 14.6 Å². The number of ketones is 2. The van der Waals surface area contributed by atoms with Crippen molar-refractivity contribution < 1.29 is 29.3 Å². The van der Waals surface area contributed by atoms with Gasteiger partial charge in [0, 0.05) is 72.9 Å². The standard InChI is InChI=1S/C52H70N2O6/c1-11-36-34(26-31-22-29(2)23-33(25-31)32-15-20-59-21-16-32)44-37(14-19-53-44)54(36)28-35-43-42(30(3)24-38(55)47-49(6,7)60-47)39(56)27-52(43,10)51(9)18-12-40-48(4,5)41(57)13-17-50(40,8)46(51)45(35)58/h11,14,19,22-23,25,30,32,35,38,40,45-47,55,58H,12-13,15-18,20-21,24,26-28H2,1-10H3. The second-order valence-electron chi connectivity index (χ2n) is 22.1. The van der Waals surface area contributed by atoms with Gasteiger partial charge in [0.05, 0.1) is 28.8 Å². The van der Waals surface area contributed by atoms with Crippen molar-refractivity contribution in [3.05, 3.63) is 62.3 Å². The number of hydrogen-bond acceptors (Lipinski definition) is 7. The fourth-order valence-corrected chi connectivity index (χ4v) is 14.9. The Morgan fingerprint density at radius 1 is 1.02 bits per heavy atom. The number of allylic oxidation sites excluding steroid dienone is 1. The molecule has 0 spiro atoms. The van der Waals surface area contributed by atoms with Crippen molar-refractivity contribution in [3.63, 3.8) is 0 Å². The molecule has 324 valence electrons. The van der Waals surface area contributed by atoms with E-state index in [0.29, 0.717) is 37.5 Å². The monoisotopic (exact) mass is 819 g/mol. The molecule has 7 aliphatic rings. The van der Waals surface area contributed by atoms with Crippen LogP contribution in [0.4, 0.5) is 5.69 Å². The van der Waals surface area contributed by atoms with Gasteiger partial charge in [-0.15, -0.1) is 0 Å². The molecule has 3 aliphatic heterocycles. The number of aromatic nitrogens is 1. The van der Waals surface area contributed by atoms with Gasteiger partial charge in [0.25, 0.3) is 0 Å². The van der Waals surface area contributed by atoms with Gasteiger partial charge in [-0.1, -0.05) is 71.4 Å². The van der Waals surface area contributed by atoms with Crippen molar-refractivity contribution in [1.82, 2.24) is 4.57 Å². The lowest BCUT2D eigenvalue weighted by molar-refractivity contribution is -0.220. The van der Waals surface area contributed by atoms with E-state index in [2.05, 4.69) is 90.3 Å². The molecule has 8 heteroatoms. The van der Waals surface area contributed by atoms with Gasteiger partial charge < -0.3 is 24.3 Å². The van der Waals surface area contributed by atoms with E-state index < -0.39 is 23.0 Å². The fraction of sp³-hybridized carbons (Fsp3) is 0.673. The van der Waals surface area contributed by atoms with Gasteiger partial charge in [0.2, 0.25) is 0 Å². The molecule has 4 aliphatic carbocycles. The van der Waals surface area contributed by atoms with Gasteiger partial charge in [-0.05, 0) is 129 Å². The highest BCUT2D eigenvalue weighted by atomic mass is 16.6. The molecule has 10 atom stereocenters. The summed E-state index contributed by atoms with van der Waals surface area (Å²) in [5, 5.41) is 27.1. The first-order valence-corrected chi connectivity index (χ1v) is 23.2. The Morgan fingerprint density at radius 3 is 2.42 bits per heavy atom. The van der Waals surface area contributed by atoms with Crippen LogP contribution in [0.2, 0.25) is 0 Å². The van der Waals surface area contributed by atoms with E-state index in [1.54, 1.807) is 0 Å². The summed E-state index contributed by atoms with van der Waals surface area (Å²) >= 11 is 0. The third-order valence-corrected chi connectivity index (χ3v) is 17.9. The van der Waals surface area contributed by atoms with E-state index in [9.17, 15) is 19.8 Å². The number of nitrogens with zero attached hydrogens (tertiary/aromatic N) is 2. The highest BCUT2D eigenvalue weighted by Gasteiger charge is 2.72. The number of carbonyl (C=O) groups excluding carboxylic acids is 2. The van der Waals surface area contributed by atoms with E-state index in [0.717, 1.165) is 79.3 Å². The number of fused-ring (bicyclic) bond motifs is 6. The number of aliphatic imine (C=N–C) groups is 1. The van der Waals surface area contributed by atoms with Crippen LogP contribution in [0.3, 0.4) is 0 Å². The van der Waals surface area contributed by atoms with E-state index in [1.807, 2.05) is 20.1 Å². The Labute approximate surface area is 357 Å². The Hall–Kier alpha value is -3.17. The van der Waals surface area contributed by atoms with Crippen molar-refractivity contribution in [1.29, 1.82) is 0 Å². The normalized spacial score (nSPS) is 36.7. The first kappa shape index (κ1) is 42.1. The lowest BCUT2D eigenvalue weighted by atomic mass is 9.34. The van der Waals surface area contributed by atoms with Crippen LogP contribution in [0.15, 0.2) is 34.3 Å². The molecular formula is C52H70N2O6. The molecule has 0 bridgehead atoms. The molecule has 2 aromatic rings. The van der Waals surface area contributed by atoms with E-state index in [1.165, 1.54) is 22.3 Å². The quantitative estimate of drug-likeness (QED) is 0.250. The smallest absolute Gasteiger partial charge is 0.160 e. The van der Waals surface area contributed by atoms with Crippen LogP contribution in [0, 0.1) is 52.3 Å². The van der Waals surface area contributed by atoms with E-state index in [-0.39, 0.29) is 52.0 Å². The zero-order valence-electron chi connectivity index (χ0n) is 38.0. The molecule has 0 radical (unpaired) electrons. The maximum atomic E-state index is 14.9. The van der Waals surface area contributed by atoms with E-state index in [4.69, 9.17) is 14.5 Å². The Morgan fingerprint density at radius 2 is 1.73 bits per heavy atom. The average Bonchev–Trinajstić information content (AvgIpc) is 3.44. The number of ether oxygens (including phenoxy) is 2. The SMILES string of the molecule is CC=c1c(Cc2cc(C)cc(C3CCOCC3)c2)c2c(n1CC1C3=C(C(C)CC(O)C4OC4(C)C)C(=O)CC3(C)C3(C)CCC4C(C)(C)C(=O)CCC4(C)C3C1O)=CC=N2. The summed E-state index contributed by atoms with van der Waals surface area (Å²) < 4.78 is 14.0. The maximum Gasteiger partial charge on any atom is 0.160 e. The minimum Gasteiger partial charge on any atom is -0.392 e. The number of aliphatic hydroxyl groups excluding tert-OH is 2. The molecule has 8 nitrogen and oxygen atoms in total. The summed E-state index contributed by atoms with van der Waals surface area (Å²) in [5.74, 6) is 0.461. The van der Waals surface area contributed by atoms with Crippen LogP contribution in [0.5, 0.6) is 0 Å². The van der Waals surface area contributed by atoms with Gasteiger partial charge in [-0.2, -0.15) is 0 Å². The van der Waals surface area contributed by atoms with Gasteiger partial charge in [0.1, 0.15) is 11.9 Å². The molecule has 9 rings (SSSR count). The van der Waals surface area contributed by atoms with Crippen LogP contribution in [-0.4, -0.2) is 69.7 Å². The van der Waals surface area contributed by atoms with Gasteiger partial charge >= 0.3 is 0 Å². The van der Waals surface area contributed by atoms with Crippen LogP contribution in [0.25, 0.3) is 12.2 Å². The lowest BCUT2D eigenvalue weighted by Gasteiger charge is -2.70. The molecule has 1 aromatic carbocycles. The van der Waals surface area contributed by atoms with Crippen molar-refractivity contribution in [2.24, 2.45) is 50.3 Å². The first-order chi connectivity index (χ1) is 28.3. The molecule has 10 unspecified atom stereocenters. The molecule has 0 amide bonds. The van der Waals surface area contributed by atoms with Crippen molar-refractivity contribution in [2.75, 3.05) is 13.2 Å². The number of rotatable bonds is 9. The Bertz CT molecular complexity index is 2310. The lowest BCUT2D eigenvalue weighted by Crippen LogP contribution is -2.68. The molecule has 2 saturated heterocycles. The topological polar surface area (TPSA) is 114 Å². The number of aliphatic hydroxyl groups is 2. The molecule has 3 saturated carbocycles. The minimum atomic E-state index is -0.745. The number of hydrogen-bond donors (Lipinski definition) is 2. The summed E-state index contributed by atoms with van der Waals surface area (Å²) in [6.45, 7) is 23.9. The Kier molecular flexibility index (Phi) is 10.1. The molecule has 60 heavy (non-hydrogen) atoms. The number of carbonyl (C=O) groups is 2. The number of aryl methyl sites for hydroxylation is 1. The third kappa shape index (κ3) is 6.22. The molecule has 4 heterocycles. The summed E-state index contributed by atoms with van der Waals surface area (Å²) in [7, 11) is 0. The minimum absolute atomic E-state index is 0.114. The number of Topliss-reactive ketones (excluding diaryl/α,β-unsaturated/α-hetero) is 2. The summed E-state index contributed by atoms with van der Waals surface area (Å²) in [4.78, 5) is 33.4. The summed E-state index contributed by atoms with van der Waals surface area (Å²) in [6, 6.07) is 7.05. The average molecular weight is 819 g/mol. The van der Waals surface area contributed by atoms with Crippen LogP contribution in [0.1, 0.15) is 142 Å². The summed E-state index contributed by atoms with van der Waals surface area (Å²) in [5.41, 5.74) is 6.03. The zero-order valence-corrected chi connectivity index (χ0v) is 38.0. The van der Waals surface area contributed by atoms with Crippen molar-refractivity contribution >= 4 is 35.6 Å². The third-order valence-electron chi connectivity index (χ3n) is 17.9. The van der Waals surface area contributed by atoms with Crippen LogP contribution >= 0.6 is 0 Å². The first-order valence-electron chi connectivity index (χ1n) is 23.2. The van der Waals surface area contributed by atoms with E-state index >= 15 is 0 Å². The van der Waals surface area contributed by atoms with Crippen LogP contribution < -0.4 is 10.7 Å². The van der Waals surface area contributed by atoms with Gasteiger partial charge in [0.15, 0.2) is 5.78 Å². The number of epoxide rings is 1. The van der Waals surface area contributed by atoms with Crippen LogP contribution in [-0.2, 0) is 32.0 Å². The fourth-order valence-electron chi connectivity index (χ4n) is 14.9. The number of benzene rings is 1. The zero-order chi connectivity index (χ0) is 42.9. The van der Waals surface area contributed by atoms with Gasteiger partial charge in [-0.25, -0.2) is 0 Å². The van der Waals surface area contributed by atoms with Crippen molar-refractivity contribution in [2.45, 2.75) is 163 Å². The highest BCUT2D eigenvalue weighted by molar-refractivity contribution is 6.01. The highest BCUT2D eigenvalue weighted by Crippen LogP contribution is 2.75. The predicted molar refractivity (Wildman–Crippen MR) is 237 cm³/mol. The summed E-state index contributed by atoms with van der Waals surface area (Å²) in [6.07, 6.45) is 11.3. The van der Waals surface area contributed by atoms with Crippen molar-refractivity contribution in [3.8, 4) is 0 Å². The predicted octanol–water partition coefficient (Wildman–Crippen LogP) is 7.84. The molecule has 1 aromatic heterocycles. The molecule has 2 N–H and O–H groups in total. The maximum absolute atomic E-state index is 14.9. The Balaban J connectivity index is 1.17. The second kappa shape index (κ2) is 14.4. The second-order valence-corrected chi connectivity index (χ2v) is 22.1. The largest absolute Gasteiger partial charge is 0.392 e. The molecule has 5 fully saturated rings. The molecular weight excluding hydrogens is 749 g/mol.